The molecule has 1 saturated heterocycles. The Hall–Kier alpha value is -3.11. The average molecular weight is 501 g/mol. The van der Waals surface area contributed by atoms with Crippen LogP contribution in [-0.2, 0) is 9.53 Å². The fourth-order valence-electron chi connectivity index (χ4n) is 4.01. The molecule has 196 valence electrons. The SMILES string of the molecule is COC(C)CC(C)Oc1cc(F)ccc1Nc1ncnc(C)c1N=C(C)C(=O)NCC1CCNCC1. The van der Waals surface area contributed by atoms with Gasteiger partial charge in [-0.2, -0.15) is 0 Å². The van der Waals surface area contributed by atoms with E-state index in [4.69, 9.17) is 9.47 Å². The summed E-state index contributed by atoms with van der Waals surface area (Å²) in [6.07, 6.45) is 3.93. The molecule has 10 heteroatoms. The fourth-order valence-corrected chi connectivity index (χ4v) is 4.01. The number of halogens is 1. The molecule has 2 heterocycles. The molecule has 2 aromatic rings. The summed E-state index contributed by atoms with van der Waals surface area (Å²) in [6.45, 7) is 9.88. The van der Waals surface area contributed by atoms with Crippen LogP contribution in [0.1, 0.15) is 45.7 Å². The minimum Gasteiger partial charge on any atom is -0.488 e. The number of aromatic nitrogens is 2. The minimum absolute atomic E-state index is 0.000626. The molecule has 1 fully saturated rings. The van der Waals surface area contributed by atoms with Crippen molar-refractivity contribution in [2.75, 3.05) is 32.1 Å². The van der Waals surface area contributed by atoms with Crippen LogP contribution < -0.4 is 20.7 Å². The Labute approximate surface area is 212 Å². The largest absolute Gasteiger partial charge is 0.488 e. The first-order chi connectivity index (χ1) is 17.3. The highest BCUT2D eigenvalue weighted by Gasteiger charge is 2.18. The fraction of sp³-hybridized carbons (Fsp3) is 0.538. The van der Waals surface area contributed by atoms with Crippen LogP contribution in [0.25, 0.3) is 0 Å². The van der Waals surface area contributed by atoms with E-state index >= 15 is 0 Å². The van der Waals surface area contributed by atoms with Crippen LogP contribution in [0.3, 0.4) is 0 Å². The van der Waals surface area contributed by atoms with Gasteiger partial charge in [0.25, 0.3) is 5.91 Å². The molecule has 3 rings (SSSR count). The van der Waals surface area contributed by atoms with Crippen molar-refractivity contribution in [3.8, 4) is 5.75 Å². The Morgan fingerprint density at radius 2 is 2.00 bits per heavy atom. The van der Waals surface area contributed by atoms with Crippen molar-refractivity contribution in [2.45, 2.75) is 59.2 Å². The number of rotatable bonds is 11. The first-order valence-electron chi connectivity index (χ1n) is 12.4. The van der Waals surface area contributed by atoms with Gasteiger partial charge >= 0.3 is 0 Å². The van der Waals surface area contributed by atoms with Gasteiger partial charge in [-0.25, -0.2) is 19.4 Å². The molecule has 0 bridgehead atoms. The Morgan fingerprint density at radius 3 is 2.72 bits per heavy atom. The monoisotopic (exact) mass is 500 g/mol. The van der Waals surface area contributed by atoms with Crippen molar-refractivity contribution in [2.24, 2.45) is 10.9 Å². The minimum atomic E-state index is -0.416. The number of ether oxygens (including phenoxy) is 2. The van der Waals surface area contributed by atoms with E-state index in [1.54, 1.807) is 27.0 Å². The zero-order chi connectivity index (χ0) is 26.1. The molecule has 0 saturated carbocycles. The molecular weight excluding hydrogens is 463 g/mol. The molecule has 0 spiro atoms. The lowest BCUT2D eigenvalue weighted by atomic mass is 9.98. The highest BCUT2D eigenvalue weighted by molar-refractivity contribution is 6.38. The number of hydrogen-bond acceptors (Lipinski definition) is 8. The standard InChI is InChI=1S/C26H37FN6O3/c1-16(35-5)12-17(2)36-23-13-21(27)6-7-22(23)33-25-24(18(3)30-15-31-25)32-19(4)26(34)29-14-20-8-10-28-11-9-20/h6-7,13,15-17,20,28H,8-12,14H2,1-5H3,(H,29,34)(H,30,31,33). The summed E-state index contributed by atoms with van der Waals surface area (Å²) < 4.78 is 25.4. The number of carbonyl (C=O) groups is 1. The maximum absolute atomic E-state index is 14.0. The number of nitrogens with one attached hydrogen (secondary N) is 3. The first-order valence-corrected chi connectivity index (χ1v) is 12.4. The molecule has 0 radical (unpaired) electrons. The van der Waals surface area contributed by atoms with Gasteiger partial charge in [0.2, 0.25) is 0 Å². The number of carbonyl (C=O) groups excluding carboxylic acids is 1. The Morgan fingerprint density at radius 1 is 1.25 bits per heavy atom. The third kappa shape index (κ3) is 7.96. The van der Waals surface area contributed by atoms with E-state index in [1.165, 1.54) is 18.5 Å². The van der Waals surface area contributed by atoms with Crippen LogP contribution >= 0.6 is 0 Å². The van der Waals surface area contributed by atoms with Gasteiger partial charge in [0, 0.05) is 26.1 Å². The lowest BCUT2D eigenvalue weighted by Crippen LogP contribution is -2.38. The van der Waals surface area contributed by atoms with E-state index < -0.39 is 5.82 Å². The van der Waals surface area contributed by atoms with Crippen LogP contribution in [0.15, 0.2) is 29.5 Å². The maximum Gasteiger partial charge on any atom is 0.265 e. The predicted octanol–water partition coefficient (Wildman–Crippen LogP) is 4.07. The molecule has 36 heavy (non-hydrogen) atoms. The lowest BCUT2D eigenvalue weighted by molar-refractivity contribution is -0.115. The van der Waals surface area contributed by atoms with Crippen LogP contribution in [0, 0.1) is 18.7 Å². The van der Waals surface area contributed by atoms with Crippen LogP contribution in [0.5, 0.6) is 5.75 Å². The van der Waals surface area contributed by atoms with Gasteiger partial charge in [-0.1, -0.05) is 0 Å². The van der Waals surface area contributed by atoms with Gasteiger partial charge in [0.05, 0.1) is 23.6 Å². The van der Waals surface area contributed by atoms with E-state index in [1.807, 2.05) is 13.8 Å². The number of amides is 1. The smallest absolute Gasteiger partial charge is 0.265 e. The van der Waals surface area contributed by atoms with Crippen molar-refractivity contribution in [3.63, 3.8) is 0 Å². The van der Waals surface area contributed by atoms with Gasteiger partial charge in [0.15, 0.2) is 5.82 Å². The Balaban J connectivity index is 1.78. The van der Waals surface area contributed by atoms with Crippen molar-refractivity contribution in [3.05, 3.63) is 36.0 Å². The van der Waals surface area contributed by atoms with Gasteiger partial charge in [0.1, 0.15) is 29.3 Å². The predicted molar refractivity (Wildman–Crippen MR) is 139 cm³/mol. The number of piperidine rings is 1. The van der Waals surface area contributed by atoms with Crippen molar-refractivity contribution in [1.29, 1.82) is 0 Å². The van der Waals surface area contributed by atoms with Crippen LogP contribution in [-0.4, -0.2) is 60.5 Å². The lowest BCUT2D eigenvalue weighted by Gasteiger charge is -2.22. The van der Waals surface area contributed by atoms with Crippen molar-refractivity contribution in [1.82, 2.24) is 20.6 Å². The normalized spacial score (nSPS) is 16.3. The number of aryl methyl sites for hydroxylation is 1. The van der Waals surface area contributed by atoms with E-state index in [0.717, 1.165) is 25.9 Å². The molecule has 3 N–H and O–H groups in total. The van der Waals surface area contributed by atoms with Crippen molar-refractivity contribution >= 4 is 28.8 Å². The second-order valence-corrected chi connectivity index (χ2v) is 9.23. The van der Waals surface area contributed by atoms with E-state index in [2.05, 4.69) is 30.9 Å². The second kappa shape index (κ2) is 13.3. The van der Waals surface area contributed by atoms with Gasteiger partial charge < -0.3 is 25.4 Å². The third-order valence-corrected chi connectivity index (χ3v) is 6.21. The maximum atomic E-state index is 14.0. The highest BCUT2D eigenvalue weighted by Crippen LogP contribution is 2.34. The number of methoxy groups -OCH3 is 1. The number of benzene rings is 1. The summed E-state index contributed by atoms with van der Waals surface area (Å²) in [5, 5.41) is 9.50. The molecule has 1 aromatic carbocycles. The molecule has 9 nitrogen and oxygen atoms in total. The van der Waals surface area contributed by atoms with Crippen LogP contribution in [0.4, 0.5) is 21.6 Å². The van der Waals surface area contributed by atoms with E-state index in [-0.39, 0.29) is 18.1 Å². The van der Waals surface area contributed by atoms with Crippen LogP contribution in [0.2, 0.25) is 0 Å². The molecule has 1 aromatic heterocycles. The number of nitrogens with zero attached hydrogens (tertiary/aromatic N) is 3. The second-order valence-electron chi connectivity index (χ2n) is 9.23. The molecule has 2 atom stereocenters. The summed E-state index contributed by atoms with van der Waals surface area (Å²) in [7, 11) is 1.64. The quantitative estimate of drug-likeness (QED) is 0.399. The van der Waals surface area contributed by atoms with Gasteiger partial charge in [-0.05, 0) is 71.7 Å². The topological polar surface area (TPSA) is 110 Å². The number of aliphatic imine (C=N–C) groups is 1. The zero-order valence-corrected chi connectivity index (χ0v) is 21.7. The molecule has 1 aliphatic rings. The number of hydrogen-bond donors (Lipinski definition) is 3. The Kier molecular flexibility index (Phi) is 10.1. The van der Waals surface area contributed by atoms with Gasteiger partial charge in [-0.15, -0.1) is 0 Å². The Bertz CT molecular complexity index is 1060. The zero-order valence-electron chi connectivity index (χ0n) is 21.7. The van der Waals surface area contributed by atoms with E-state index in [0.29, 0.717) is 53.2 Å². The molecule has 2 unspecified atom stereocenters. The summed E-state index contributed by atoms with van der Waals surface area (Å²) in [5.74, 6) is 0.555. The average Bonchev–Trinajstić information content (AvgIpc) is 2.86. The summed E-state index contributed by atoms with van der Waals surface area (Å²) in [6, 6.07) is 4.25. The molecule has 1 aliphatic heterocycles. The molecular formula is C26H37FN6O3. The number of anilines is 2. The van der Waals surface area contributed by atoms with Crippen molar-refractivity contribution < 1.29 is 18.7 Å². The van der Waals surface area contributed by atoms with Gasteiger partial charge in [-0.3, -0.25) is 4.79 Å². The van der Waals surface area contributed by atoms with E-state index in [9.17, 15) is 9.18 Å². The first kappa shape index (κ1) is 27.5. The molecule has 1 amide bonds. The summed E-state index contributed by atoms with van der Waals surface area (Å²) in [5.41, 5.74) is 1.87. The summed E-state index contributed by atoms with van der Waals surface area (Å²) >= 11 is 0. The molecule has 0 aliphatic carbocycles. The third-order valence-electron chi connectivity index (χ3n) is 6.21. The summed E-state index contributed by atoms with van der Waals surface area (Å²) in [4.78, 5) is 25.8. The highest BCUT2D eigenvalue weighted by atomic mass is 19.1.